The van der Waals surface area contributed by atoms with Gasteiger partial charge >= 0.3 is 5.69 Å². The largest absolute Gasteiger partial charge is 0.496 e. The van der Waals surface area contributed by atoms with Crippen molar-refractivity contribution >= 4 is 5.65 Å². The molecule has 7 nitrogen and oxygen atoms in total. The van der Waals surface area contributed by atoms with Crippen molar-refractivity contribution in [2.24, 2.45) is 0 Å². The Hall–Kier alpha value is -2.67. The van der Waals surface area contributed by atoms with Crippen LogP contribution >= 0.6 is 0 Å². The van der Waals surface area contributed by atoms with E-state index in [9.17, 15) is 9.90 Å². The first-order valence-corrected chi connectivity index (χ1v) is 6.41. The molecule has 1 atom stereocenters. The molecule has 0 bridgehead atoms. The summed E-state index contributed by atoms with van der Waals surface area (Å²) in [7, 11) is 1.54. The normalized spacial score (nSPS) is 12.5. The molecule has 7 heteroatoms. The summed E-state index contributed by atoms with van der Waals surface area (Å²) in [5.41, 5.74) is 0.734. The number of hydrogen-bond donors (Lipinski definition) is 1. The number of methoxy groups -OCH3 is 1. The minimum atomic E-state index is -0.892. The Balaban J connectivity index is 1.95. The van der Waals surface area contributed by atoms with Gasteiger partial charge in [-0.3, -0.25) is 4.98 Å². The Morgan fingerprint density at radius 3 is 2.95 bits per heavy atom. The van der Waals surface area contributed by atoms with Gasteiger partial charge in [-0.15, -0.1) is 5.10 Å². The number of nitrogens with zero attached hydrogens (tertiary/aromatic N) is 4. The van der Waals surface area contributed by atoms with Crippen molar-refractivity contribution < 1.29 is 9.84 Å². The third-order valence-corrected chi connectivity index (χ3v) is 3.23. The summed E-state index contributed by atoms with van der Waals surface area (Å²) in [6, 6.07) is 7.13. The molecule has 1 unspecified atom stereocenters. The van der Waals surface area contributed by atoms with Crippen molar-refractivity contribution in [1.82, 2.24) is 19.2 Å². The molecule has 0 saturated heterocycles. The van der Waals surface area contributed by atoms with E-state index in [2.05, 4.69) is 10.1 Å². The Kier molecular flexibility index (Phi) is 3.41. The summed E-state index contributed by atoms with van der Waals surface area (Å²) in [5.74, 6) is 0.573. The lowest BCUT2D eigenvalue weighted by Gasteiger charge is -2.13. The summed E-state index contributed by atoms with van der Waals surface area (Å²) < 4.78 is 7.80. The van der Waals surface area contributed by atoms with Crippen LogP contribution in [0.25, 0.3) is 5.65 Å². The lowest BCUT2D eigenvalue weighted by molar-refractivity contribution is 0.146. The standard InChI is InChI=1S/C14H14N4O3/c1-21-12-5-3-2-4-10(12)11(19)9-18-14(20)17-7-6-15-8-13(17)16-18/h2-8,11,19H,9H2,1H3. The topological polar surface area (TPSA) is 81.7 Å². The fraction of sp³-hybridized carbons (Fsp3) is 0.214. The molecular weight excluding hydrogens is 272 g/mol. The molecule has 3 rings (SSSR count). The number of aliphatic hydroxyl groups excluding tert-OH is 1. The number of hydrogen-bond acceptors (Lipinski definition) is 5. The van der Waals surface area contributed by atoms with Crippen molar-refractivity contribution in [3.8, 4) is 5.75 Å². The zero-order valence-corrected chi connectivity index (χ0v) is 11.4. The number of rotatable bonds is 4. The number of para-hydroxylation sites is 1. The highest BCUT2D eigenvalue weighted by Crippen LogP contribution is 2.25. The minimum absolute atomic E-state index is 0.0425. The molecular formula is C14H14N4O3. The number of benzene rings is 1. The molecule has 0 spiro atoms. The first-order valence-electron chi connectivity index (χ1n) is 6.41. The molecule has 1 aromatic carbocycles. The van der Waals surface area contributed by atoms with Crippen molar-refractivity contribution in [3.05, 3.63) is 58.9 Å². The molecule has 21 heavy (non-hydrogen) atoms. The number of aromatic nitrogens is 4. The van der Waals surface area contributed by atoms with Crippen LogP contribution < -0.4 is 10.4 Å². The third kappa shape index (κ3) is 2.38. The van der Waals surface area contributed by atoms with Gasteiger partial charge in [-0.1, -0.05) is 18.2 Å². The average molecular weight is 286 g/mol. The maximum Gasteiger partial charge on any atom is 0.350 e. The first kappa shape index (κ1) is 13.3. The summed E-state index contributed by atoms with van der Waals surface area (Å²) in [6.07, 6.45) is 3.65. The van der Waals surface area contributed by atoms with Gasteiger partial charge in [0.15, 0.2) is 5.65 Å². The molecule has 0 aliphatic heterocycles. The van der Waals surface area contributed by atoms with Crippen LogP contribution in [-0.4, -0.2) is 31.4 Å². The lowest BCUT2D eigenvalue weighted by Crippen LogP contribution is -2.24. The Morgan fingerprint density at radius 2 is 2.19 bits per heavy atom. The monoisotopic (exact) mass is 286 g/mol. The van der Waals surface area contributed by atoms with Gasteiger partial charge in [-0.05, 0) is 6.07 Å². The van der Waals surface area contributed by atoms with E-state index in [1.165, 1.54) is 34.8 Å². The zero-order chi connectivity index (χ0) is 14.8. The lowest BCUT2D eigenvalue weighted by atomic mass is 10.1. The number of aliphatic hydroxyl groups is 1. The molecule has 2 aromatic heterocycles. The van der Waals surface area contributed by atoms with E-state index in [1.54, 1.807) is 18.2 Å². The molecule has 0 aliphatic rings. The van der Waals surface area contributed by atoms with Gasteiger partial charge < -0.3 is 9.84 Å². The van der Waals surface area contributed by atoms with E-state index >= 15 is 0 Å². The van der Waals surface area contributed by atoms with E-state index in [0.717, 1.165) is 0 Å². The molecule has 1 N–H and O–H groups in total. The molecule has 0 amide bonds. The van der Waals surface area contributed by atoms with Gasteiger partial charge in [-0.25, -0.2) is 13.9 Å². The second kappa shape index (κ2) is 5.37. The molecule has 0 fully saturated rings. The second-order valence-corrected chi connectivity index (χ2v) is 4.53. The molecule has 0 radical (unpaired) electrons. The predicted molar refractivity (Wildman–Crippen MR) is 75.2 cm³/mol. The predicted octanol–water partition coefficient (Wildman–Crippen LogP) is 0.633. The highest BCUT2D eigenvalue weighted by molar-refractivity contribution is 5.35. The zero-order valence-electron chi connectivity index (χ0n) is 11.4. The fourth-order valence-electron chi connectivity index (χ4n) is 2.20. The maximum atomic E-state index is 12.1. The van der Waals surface area contributed by atoms with Gasteiger partial charge in [0, 0.05) is 18.0 Å². The second-order valence-electron chi connectivity index (χ2n) is 4.53. The molecule has 0 aliphatic carbocycles. The first-order chi connectivity index (χ1) is 10.2. The van der Waals surface area contributed by atoms with Crippen molar-refractivity contribution in [2.75, 3.05) is 7.11 Å². The van der Waals surface area contributed by atoms with Gasteiger partial charge in [-0.2, -0.15) is 0 Å². The highest BCUT2D eigenvalue weighted by atomic mass is 16.5. The van der Waals surface area contributed by atoms with E-state index in [1.807, 2.05) is 6.07 Å². The van der Waals surface area contributed by atoms with Crippen LogP contribution in [0, 0.1) is 0 Å². The van der Waals surface area contributed by atoms with Crippen LogP contribution in [-0.2, 0) is 6.54 Å². The SMILES string of the molecule is COc1ccccc1C(O)Cn1nc2cnccn2c1=O. The quantitative estimate of drug-likeness (QED) is 0.761. The third-order valence-electron chi connectivity index (χ3n) is 3.23. The van der Waals surface area contributed by atoms with Gasteiger partial charge in [0.05, 0.1) is 19.9 Å². The van der Waals surface area contributed by atoms with Crippen molar-refractivity contribution in [3.63, 3.8) is 0 Å². The van der Waals surface area contributed by atoms with Crippen LogP contribution in [0.15, 0.2) is 47.7 Å². The molecule has 0 saturated carbocycles. The highest BCUT2D eigenvalue weighted by Gasteiger charge is 2.16. The van der Waals surface area contributed by atoms with Crippen LogP contribution in [0.4, 0.5) is 0 Å². The summed E-state index contributed by atoms with van der Waals surface area (Å²) >= 11 is 0. The van der Waals surface area contributed by atoms with Crippen molar-refractivity contribution in [2.45, 2.75) is 12.6 Å². The van der Waals surface area contributed by atoms with E-state index in [0.29, 0.717) is 17.0 Å². The van der Waals surface area contributed by atoms with E-state index < -0.39 is 6.10 Å². The number of ether oxygens (including phenoxy) is 1. The minimum Gasteiger partial charge on any atom is -0.496 e. The van der Waals surface area contributed by atoms with Crippen LogP contribution in [0.1, 0.15) is 11.7 Å². The summed E-state index contributed by atoms with van der Waals surface area (Å²) in [5, 5.41) is 14.5. The van der Waals surface area contributed by atoms with E-state index in [4.69, 9.17) is 4.74 Å². The fourth-order valence-corrected chi connectivity index (χ4v) is 2.20. The van der Waals surface area contributed by atoms with E-state index in [-0.39, 0.29) is 12.2 Å². The van der Waals surface area contributed by atoms with Gasteiger partial charge in [0.2, 0.25) is 0 Å². The summed E-state index contributed by atoms with van der Waals surface area (Å²) in [6.45, 7) is 0.0425. The molecule has 2 heterocycles. The van der Waals surface area contributed by atoms with Gasteiger partial charge in [0.25, 0.3) is 0 Å². The van der Waals surface area contributed by atoms with Crippen LogP contribution in [0.3, 0.4) is 0 Å². The Labute approximate surface area is 120 Å². The number of fused-ring (bicyclic) bond motifs is 1. The summed E-state index contributed by atoms with van der Waals surface area (Å²) in [4.78, 5) is 16.1. The maximum absolute atomic E-state index is 12.1. The smallest absolute Gasteiger partial charge is 0.350 e. The van der Waals surface area contributed by atoms with Crippen molar-refractivity contribution in [1.29, 1.82) is 0 Å². The Morgan fingerprint density at radius 1 is 1.38 bits per heavy atom. The van der Waals surface area contributed by atoms with Crippen LogP contribution in [0.2, 0.25) is 0 Å². The molecule has 3 aromatic rings. The Bertz CT molecular complexity index is 824. The molecule has 108 valence electrons. The van der Waals surface area contributed by atoms with Crippen LogP contribution in [0.5, 0.6) is 5.75 Å². The van der Waals surface area contributed by atoms with Gasteiger partial charge in [0.1, 0.15) is 11.9 Å². The average Bonchev–Trinajstić information content (AvgIpc) is 2.84.